The first kappa shape index (κ1) is 14.8. The molecule has 0 saturated carbocycles. The first-order chi connectivity index (χ1) is 8.47. The Bertz CT molecular complexity index is 466. The zero-order chi connectivity index (χ0) is 13.9. The highest BCUT2D eigenvalue weighted by molar-refractivity contribution is 6.39. The summed E-state index contributed by atoms with van der Waals surface area (Å²) in [5, 5.41) is -0.431. The maximum absolute atomic E-state index is 12.3. The van der Waals surface area contributed by atoms with E-state index in [-0.39, 0.29) is 33.4 Å². The van der Waals surface area contributed by atoms with E-state index in [1.165, 1.54) is 14.2 Å². The van der Waals surface area contributed by atoms with E-state index in [1.54, 1.807) is 0 Å². The minimum atomic E-state index is -3.16. The molecule has 0 N–H and O–H groups in total. The molecule has 0 amide bonds. The van der Waals surface area contributed by atoms with Gasteiger partial charge in [-0.3, -0.25) is 4.79 Å². The summed E-state index contributed by atoms with van der Waals surface area (Å²) in [4.78, 5) is 10.9. The van der Waals surface area contributed by atoms with Crippen LogP contribution < -0.4 is 14.2 Å². The summed E-state index contributed by atoms with van der Waals surface area (Å²) in [5.74, 6) is -0.806. The van der Waals surface area contributed by atoms with E-state index in [2.05, 4.69) is 4.74 Å². The molecular formula is C10H8Cl2F2O4. The van der Waals surface area contributed by atoms with Crippen molar-refractivity contribution in [1.82, 2.24) is 0 Å². The average molecular weight is 301 g/mol. The third-order valence-electron chi connectivity index (χ3n) is 2.02. The molecule has 18 heavy (non-hydrogen) atoms. The molecule has 0 aromatic heterocycles. The molecule has 0 aliphatic carbocycles. The standard InChI is InChI=1S/C10H8Cl2F2O4/c1-16-7-4(3-15)8(18-10(13)14)6(12)9(17-2)5(7)11/h3,10H,1-2H3. The average Bonchev–Trinajstić information content (AvgIpc) is 2.32. The van der Waals surface area contributed by atoms with Crippen LogP contribution in [0.1, 0.15) is 10.4 Å². The first-order valence-electron chi connectivity index (χ1n) is 4.50. The molecule has 0 saturated heterocycles. The number of benzene rings is 1. The number of ether oxygens (including phenoxy) is 3. The van der Waals surface area contributed by atoms with Crippen molar-refractivity contribution in [1.29, 1.82) is 0 Å². The number of carbonyl (C=O) groups excluding carboxylic acids is 1. The van der Waals surface area contributed by atoms with Gasteiger partial charge in [-0.1, -0.05) is 23.2 Å². The molecular weight excluding hydrogens is 293 g/mol. The van der Waals surface area contributed by atoms with Crippen molar-refractivity contribution in [3.8, 4) is 17.2 Å². The van der Waals surface area contributed by atoms with E-state index in [0.717, 1.165) is 0 Å². The van der Waals surface area contributed by atoms with Crippen LogP contribution in [0.25, 0.3) is 0 Å². The van der Waals surface area contributed by atoms with E-state index in [0.29, 0.717) is 0 Å². The molecule has 0 bridgehead atoms. The van der Waals surface area contributed by atoms with Crippen LogP contribution in [0.5, 0.6) is 17.2 Å². The number of hydrogen-bond donors (Lipinski definition) is 0. The topological polar surface area (TPSA) is 44.8 Å². The van der Waals surface area contributed by atoms with E-state index in [4.69, 9.17) is 32.7 Å². The highest BCUT2D eigenvalue weighted by Gasteiger charge is 2.26. The maximum atomic E-state index is 12.3. The van der Waals surface area contributed by atoms with Crippen LogP contribution in [0.4, 0.5) is 8.78 Å². The van der Waals surface area contributed by atoms with Crippen molar-refractivity contribution in [2.45, 2.75) is 6.61 Å². The lowest BCUT2D eigenvalue weighted by Crippen LogP contribution is -2.07. The molecule has 4 nitrogen and oxygen atoms in total. The van der Waals surface area contributed by atoms with Crippen LogP contribution in [0.15, 0.2) is 0 Å². The Labute approximate surface area is 111 Å². The summed E-state index contributed by atoms with van der Waals surface area (Å²) in [6.07, 6.45) is 0.258. The van der Waals surface area contributed by atoms with Gasteiger partial charge in [0.15, 0.2) is 23.5 Å². The van der Waals surface area contributed by atoms with Gasteiger partial charge in [-0.15, -0.1) is 0 Å². The lowest BCUT2D eigenvalue weighted by atomic mass is 10.1. The Morgan fingerprint density at radius 1 is 1.06 bits per heavy atom. The smallest absolute Gasteiger partial charge is 0.387 e. The van der Waals surface area contributed by atoms with Gasteiger partial charge in [0.05, 0.1) is 14.2 Å². The fourth-order valence-corrected chi connectivity index (χ4v) is 2.05. The number of halogens is 4. The van der Waals surface area contributed by atoms with Crippen molar-refractivity contribution in [3.63, 3.8) is 0 Å². The molecule has 0 spiro atoms. The minimum Gasteiger partial charge on any atom is -0.494 e. The van der Waals surface area contributed by atoms with E-state index in [1.807, 2.05) is 0 Å². The van der Waals surface area contributed by atoms with Crippen LogP contribution in [-0.4, -0.2) is 27.1 Å². The molecule has 0 unspecified atom stereocenters. The molecule has 0 radical (unpaired) electrons. The van der Waals surface area contributed by atoms with Crippen molar-refractivity contribution in [2.24, 2.45) is 0 Å². The van der Waals surface area contributed by atoms with Gasteiger partial charge in [0.2, 0.25) is 0 Å². The summed E-state index contributed by atoms with van der Waals surface area (Å²) >= 11 is 11.7. The Hall–Kier alpha value is -1.27. The highest BCUT2D eigenvalue weighted by Crippen LogP contribution is 2.48. The van der Waals surface area contributed by atoms with Crippen molar-refractivity contribution in [3.05, 3.63) is 15.6 Å². The molecule has 1 aromatic rings. The quantitative estimate of drug-likeness (QED) is 0.782. The van der Waals surface area contributed by atoms with Gasteiger partial charge < -0.3 is 14.2 Å². The molecule has 0 atom stereocenters. The van der Waals surface area contributed by atoms with Gasteiger partial charge >= 0.3 is 6.61 Å². The number of rotatable bonds is 5. The van der Waals surface area contributed by atoms with Crippen molar-refractivity contribution in [2.75, 3.05) is 14.2 Å². The van der Waals surface area contributed by atoms with Crippen LogP contribution >= 0.6 is 23.2 Å². The number of carbonyl (C=O) groups is 1. The summed E-state index contributed by atoms with van der Waals surface area (Å²) < 4.78 is 38.5. The van der Waals surface area contributed by atoms with Crippen LogP contribution in [-0.2, 0) is 0 Å². The van der Waals surface area contributed by atoms with E-state index >= 15 is 0 Å². The highest BCUT2D eigenvalue weighted by atomic mass is 35.5. The minimum absolute atomic E-state index is 0.103. The molecule has 100 valence electrons. The second kappa shape index (κ2) is 6.06. The fourth-order valence-electron chi connectivity index (χ4n) is 1.33. The molecule has 0 fully saturated rings. The normalized spacial score (nSPS) is 10.4. The fraction of sp³-hybridized carbons (Fsp3) is 0.300. The zero-order valence-electron chi connectivity index (χ0n) is 9.30. The zero-order valence-corrected chi connectivity index (χ0v) is 10.8. The van der Waals surface area contributed by atoms with Gasteiger partial charge in [0.25, 0.3) is 0 Å². The SMILES string of the molecule is COc1c(Cl)c(OC)c(C=O)c(OC(F)F)c1Cl. The maximum Gasteiger partial charge on any atom is 0.387 e. The van der Waals surface area contributed by atoms with Crippen LogP contribution in [0.3, 0.4) is 0 Å². The first-order valence-corrected chi connectivity index (χ1v) is 5.26. The molecule has 8 heteroatoms. The Morgan fingerprint density at radius 3 is 1.94 bits per heavy atom. The second-order valence-electron chi connectivity index (χ2n) is 2.93. The second-order valence-corrected chi connectivity index (χ2v) is 3.69. The van der Waals surface area contributed by atoms with E-state index < -0.39 is 12.4 Å². The number of methoxy groups -OCH3 is 2. The largest absolute Gasteiger partial charge is 0.494 e. The number of alkyl halides is 2. The summed E-state index contributed by atoms with van der Waals surface area (Å²) in [5.41, 5.74) is -0.311. The van der Waals surface area contributed by atoms with Crippen molar-refractivity contribution >= 4 is 29.5 Å². The van der Waals surface area contributed by atoms with Crippen LogP contribution in [0.2, 0.25) is 10.0 Å². The van der Waals surface area contributed by atoms with Gasteiger partial charge in [-0.05, 0) is 0 Å². The van der Waals surface area contributed by atoms with Gasteiger partial charge in [-0.2, -0.15) is 8.78 Å². The van der Waals surface area contributed by atoms with Gasteiger partial charge in [0, 0.05) is 0 Å². The van der Waals surface area contributed by atoms with Gasteiger partial charge in [0.1, 0.15) is 15.6 Å². The Balaban J connectivity index is 3.60. The van der Waals surface area contributed by atoms with E-state index in [9.17, 15) is 13.6 Å². The summed E-state index contributed by atoms with van der Waals surface area (Å²) in [7, 11) is 2.45. The van der Waals surface area contributed by atoms with Crippen LogP contribution in [0, 0.1) is 0 Å². The summed E-state index contributed by atoms with van der Waals surface area (Å²) in [6, 6.07) is 0. The predicted molar refractivity (Wildman–Crippen MR) is 61.6 cm³/mol. The third-order valence-corrected chi connectivity index (χ3v) is 2.71. The third kappa shape index (κ3) is 2.59. The lowest BCUT2D eigenvalue weighted by Gasteiger charge is -2.17. The number of hydrogen-bond acceptors (Lipinski definition) is 4. The lowest BCUT2D eigenvalue weighted by molar-refractivity contribution is -0.0501. The Kier molecular flexibility index (Phi) is 4.98. The summed E-state index contributed by atoms with van der Waals surface area (Å²) in [6.45, 7) is -3.16. The molecule has 0 aliphatic rings. The monoisotopic (exact) mass is 300 g/mol. The van der Waals surface area contributed by atoms with Gasteiger partial charge in [-0.25, -0.2) is 0 Å². The molecule has 1 aromatic carbocycles. The Morgan fingerprint density at radius 2 is 1.56 bits per heavy atom. The molecule has 0 aliphatic heterocycles. The predicted octanol–water partition coefficient (Wildman–Crippen LogP) is 3.42. The number of aldehydes is 1. The molecule has 1 rings (SSSR count). The molecule has 0 heterocycles. The van der Waals surface area contributed by atoms with Crippen molar-refractivity contribution < 1.29 is 27.8 Å².